The van der Waals surface area contributed by atoms with E-state index in [0.29, 0.717) is 31.9 Å². The van der Waals surface area contributed by atoms with Crippen LogP contribution in [0.3, 0.4) is 0 Å². The zero-order valence-electron chi connectivity index (χ0n) is 14.5. The molecule has 26 heavy (non-hydrogen) atoms. The van der Waals surface area contributed by atoms with Crippen LogP contribution in [-0.4, -0.2) is 53.6 Å². The Kier molecular flexibility index (Phi) is 4.35. The number of piperazine rings is 1. The largest absolute Gasteiger partial charge is 0.497 e. The smallest absolute Gasteiger partial charge is 0.289 e. The first-order chi connectivity index (χ1) is 12.8. The van der Waals surface area contributed by atoms with Crippen LogP contribution in [0, 0.1) is 0 Å². The molecule has 1 saturated heterocycles. The Hall–Kier alpha value is -3.22. The molecule has 4 rings (SSSR count). The van der Waals surface area contributed by atoms with Gasteiger partial charge in [-0.1, -0.05) is 6.07 Å². The summed E-state index contributed by atoms with van der Waals surface area (Å²) in [6.45, 7) is 2.69. The van der Waals surface area contributed by atoms with Crippen molar-refractivity contribution in [2.75, 3.05) is 38.2 Å². The number of methoxy groups -OCH3 is 1. The van der Waals surface area contributed by atoms with Gasteiger partial charge in [0.25, 0.3) is 5.91 Å². The average molecular weight is 352 g/mol. The third kappa shape index (κ3) is 3.03. The van der Waals surface area contributed by atoms with E-state index in [1.165, 1.54) is 6.26 Å². The lowest BCUT2D eigenvalue weighted by Gasteiger charge is -2.35. The summed E-state index contributed by atoms with van der Waals surface area (Å²) in [7, 11) is 1.66. The fourth-order valence-corrected chi connectivity index (χ4v) is 3.16. The number of hydrogen-bond donors (Lipinski definition) is 0. The summed E-state index contributed by atoms with van der Waals surface area (Å²) in [5.74, 6) is 1.99. The van der Waals surface area contributed by atoms with Crippen LogP contribution < -0.4 is 9.64 Å². The first-order valence-corrected chi connectivity index (χ1v) is 8.52. The number of carbonyl (C=O) groups is 1. The number of carbonyl (C=O) groups excluding carboxylic acids is 1. The topological polar surface area (TPSA) is 63.7 Å². The lowest BCUT2D eigenvalue weighted by Crippen LogP contribution is -2.49. The quantitative estimate of drug-likeness (QED) is 0.722. The van der Waals surface area contributed by atoms with Crippen LogP contribution in [0.1, 0.15) is 10.6 Å². The molecule has 3 heterocycles. The number of furan rings is 1. The Morgan fingerprint density at radius 2 is 2.00 bits per heavy atom. The number of benzene rings is 1. The van der Waals surface area contributed by atoms with Crippen LogP contribution in [0.15, 0.2) is 59.5 Å². The van der Waals surface area contributed by atoms with E-state index < -0.39 is 0 Å². The highest BCUT2D eigenvalue weighted by atomic mass is 16.5. The Morgan fingerprint density at radius 1 is 1.15 bits per heavy atom. The van der Waals surface area contributed by atoms with E-state index >= 15 is 0 Å². The van der Waals surface area contributed by atoms with Gasteiger partial charge in [0, 0.05) is 44.6 Å². The Bertz CT molecular complexity index is 880. The van der Waals surface area contributed by atoms with Gasteiger partial charge in [-0.05, 0) is 24.3 Å². The van der Waals surface area contributed by atoms with E-state index in [1.807, 2.05) is 39.9 Å². The molecule has 0 aliphatic carbocycles. The molecule has 3 aromatic rings. The lowest BCUT2D eigenvalue weighted by molar-refractivity contribution is 0.0714. The van der Waals surface area contributed by atoms with Gasteiger partial charge in [0.05, 0.1) is 19.1 Å². The summed E-state index contributed by atoms with van der Waals surface area (Å²) < 4.78 is 12.6. The van der Waals surface area contributed by atoms with Crippen molar-refractivity contribution in [1.82, 2.24) is 14.5 Å². The Morgan fingerprint density at radius 3 is 2.73 bits per heavy atom. The maximum Gasteiger partial charge on any atom is 0.289 e. The lowest BCUT2D eigenvalue weighted by atomic mass is 10.3. The number of amides is 1. The van der Waals surface area contributed by atoms with Crippen LogP contribution in [0.2, 0.25) is 0 Å². The monoisotopic (exact) mass is 352 g/mol. The van der Waals surface area contributed by atoms with Gasteiger partial charge in [0.1, 0.15) is 5.75 Å². The SMILES string of the molecule is COc1cccc(-n2ccnc2N2CCN(C(=O)c3ccco3)CC2)c1. The van der Waals surface area contributed by atoms with Gasteiger partial charge < -0.3 is 19.0 Å². The molecule has 0 N–H and O–H groups in total. The van der Waals surface area contributed by atoms with E-state index in [-0.39, 0.29) is 5.91 Å². The minimum Gasteiger partial charge on any atom is -0.497 e. The number of imidazole rings is 1. The van der Waals surface area contributed by atoms with Crippen molar-refractivity contribution in [3.05, 3.63) is 60.8 Å². The van der Waals surface area contributed by atoms with Crippen molar-refractivity contribution < 1.29 is 13.9 Å². The van der Waals surface area contributed by atoms with Crippen molar-refractivity contribution in [2.45, 2.75) is 0 Å². The first kappa shape index (κ1) is 16.3. The highest BCUT2D eigenvalue weighted by Gasteiger charge is 2.25. The van der Waals surface area contributed by atoms with Gasteiger partial charge in [-0.15, -0.1) is 0 Å². The van der Waals surface area contributed by atoms with Crippen LogP contribution in [0.4, 0.5) is 5.95 Å². The zero-order chi connectivity index (χ0) is 17.9. The summed E-state index contributed by atoms with van der Waals surface area (Å²) in [5, 5.41) is 0. The average Bonchev–Trinajstić information content (AvgIpc) is 3.39. The predicted molar refractivity (Wildman–Crippen MR) is 96.9 cm³/mol. The molecule has 0 atom stereocenters. The first-order valence-electron chi connectivity index (χ1n) is 8.52. The van der Waals surface area contributed by atoms with Gasteiger partial charge in [-0.3, -0.25) is 9.36 Å². The zero-order valence-corrected chi connectivity index (χ0v) is 14.5. The van der Waals surface area contributed by atoms with E-state index in [9.17, 15) is 4.79 Å². The molecule has 0 radical (unpaired) electrons. The molecule has 1 fully saturated rings. The van der Waals surface area contributed by atoms with Crippen LogP contribution in [0.5, 0.6) is 5.75 Å². The number of nitrogens with zero attached hydrogens (tertiary/aromatic N) is 4. The maximum absolute atomic E-state index is 12.4. The van der Waals surface area contributed by atoms with Crippen molar-refractivity contribution in [2.24, 2.45) is 0 Å². The number of rotatable bonds is 4. The number of anilines is 1. The van der Waals surface area contributed by atoms with Crippen molar-refractivity contribution >= 4 is 11.9 Å². The van der Waals surface area contributed by atoms with Crippen LogP contribution in [-0.2, 0) is 0 Å². The molecule has 0 bridgehead atoms. The van der Waals surface area contributed by atoms with Crippen molar-refractivity contribution in [3.8, 4) is 11.4 Å². The Labute approximate surface area is 151 Å². The second-order valence-electron chi connectivity index (χ2n) is 6.06. The summed E-state index contributed by atoms with van der Waals surface area (Å²) in [6, 6.07) is 11.3. The molecule has 2 aromatic heterocycles. The predicted octanol–water partition coefficient (Wildman–Crippen LogP) is 2.44. The van der Waals surface area contributed by atoms with Crippen LogP contribution >= 0.6 is 0 Å². The fraction of sp³-hybridized carbons (Fsp3) is 0.263. The summed E-state index contributed by atoms with van der Waals surface area (Å²) in [4.78, 5) is 20.9. The Balaban J connectivity index is 1.49. The van der Waals surface area contributed by atoms with Crippen LogP contribution in [0.25, 0.3) is 5.69 Å². The molecule has 7 heteroatoms. The molecule has 1 aliphatic rings. The van der Waals surface area contributed by atoms with E-state index in [0.717, 1.165) is 17.4 Å². The third-order valence-electron chi connectivity index (χ3n) is 4.53. The molecule has 0 unspecified atom stereocenters. The molecule has 0 saturated carbocycles. The minimum absolute atomic E-state index is 0.0641. The summed E-state index contributed by atoms with van der Waals surface area (Å²) in [5.41, 5.74) is 0.992. The molecular formula is C19H20N4O3. The van der Waals surface area contributed by atoms with Crippen molar-refractivity contribution in [3.63, 3.8) is 0 Å². The fourth-order valence-electron chi connectivity index (χ4n) is 3.16. The third-order valence-corrected chi connectivity index (χ3v) is 4.53. The van der Waals surface area contributed by atoms with E-state index in [4.69, 9.17) is 9.15 Å². The van der Waals surface area contributed by atoms with Crippen molar-refractivity contribution in [1.29, 1.82) is 0 Å². The van der Waals surface area contributed by atoms with Gasteiger partial charge >= 0.3 is 0 Å². The number of ether oxygens (including phenoxy) is 1. The second kappa shape index (κ2) is 6.95. The molecule has 0 spiro atoms. The normalized spacial score (nSPS) is 14.5. The molecule has 134 valence electrons. The summed E-state index contributed by atoms with van der Waals surface area (Å²) >= 11 is 0. The number of hydrogen-bond acceptors (Lipinski definition) is 5. The number of aromatic nitrogens is 2. The van der Waals surface area contributed by atoms with Gasteiger partial charge in [0.2, 0.25) is 5.95 Å². The molecule has 1 amide bonds. The second-order valence-corrected chi connectivity index (χ2v) is 6.06. The standard InChI is InChI=1S/C19H20N4O3/c1-25-16-5-2-4-15(14-16)23-8-7-20-19(23)22-11-9-21(10-12-22)18(24)17-6-3-13-26-17/h2-8,13-14H,9-12H2,1H3. The highest BCUT2D eigenvalue weighted by Crippen LogP contribution is 2.23. The van der Waals surface area contributed by atoms with E-state index in [2.05, 4.69) is 9.88 Å². The molecule has 1 aromatic carbocycles. The molecule has 7 nitrogen and oxygen atoms in total. The molecule has 1 aliphatic heterocycles. The highest BCUT2D eigenvalue weighted by molar-refractivity contribution is 5.91. The summed E-state index contributed by atoms with van der Waals surface area (Å²) in [6.07, 6.45) is 5.24. The van der Waals surface area contributed by atoms with Gasteiger partial charge in [0.15, 0.2) is 5.76 Å². The van der Waals surface area contributed by atoms with Gasteiger partial charge in [-0.2, -0.15) is 0 Å². The maximum atomic E-state index is 12.4. The van der Waals surface area contributed by atoms with E-state index in [1.54, 1.807) is 25.4 Å². The van der Waals surface area contributed by atoms with Gasteiger partial charge in [-0.25, -0.2) is 4.98 Å². The molecular weight excluding hydrogens is 332 g/mol. The minimum atomic E-state index is -0.0641.